The first-order valence-electron chi connectivity index (χ1n) is 6.44. The van der Waals surface area contributed by atoms with E-state index in [1.54, 1.807) is 6.08 Å². The average Bonchev–Trinajstić information content (AvgIpc) is 2.82. The fourth-order valence-corrected chi connectivity index (χ4v) is 2.52. The molecule has 1 heterocycles. The minimum absolute atomic E-state index is 0.196. The van der Waals surface area contributed by atoms with Crippen molar-refractivity contribution in [1.29, 1.82) is 0 Å². The second kappa shape index (κ2) is 5.89. The van der Waals surface area contributed by atoms with Crippen LogP contribution in [0.3, 0.4) is 0 Å². The van der Waals surface area contributed by atoms with Crippen LogP contribution in [0.15, 0.2) is 30.3 Å². The van der Waals surface area contributed by atoms with Crippen molar-refractivity contribution in [2.45, 2.75) is 25.5 Å². The normalized spacial score (nSPS) is 22.8. The fourth-order valence-electron chi connectivity index (χ4n) is 2.52. The molecule has 102 valence electrons. The lowest BCUT2D eigenvalue weighted by atomic mass is 10.1. The van der Waals surface area contributed by atoms with Crippen molar-refractivity contribution in [1.82, 2.24) is 0 Å². The number of carboxylic acids is 1. The minimum Gasteiger partial charge on any atom is -0.478 e. The van der Waals surface area contributed by atoms with Crippen LogP contribution in [-0.2, 0) is 9.53 Å². The highest BCUT2D eigenvalue weighted by atomic mass is 16.5. The predicted molar refractivity (Wildman–Crippen MR) is 75.3 cm³/mol. The molecule has 4 nitrogen and oxygen atoms in total. The number of carbonyl (C=O) groups is 1. The van der Waals surface area contributed by atoms with Gasteiger partial charge in [0.25, 0.3) is 0 Å². The Morgan fingerprint density at radius 2 is 2.21 bits per heavy atom. The lowest BCUT2D eigenvalue weighted by Crippen LogP contribution is -2.37. The van der Waals surface area contributed by atoms with Crippen molar-refractivity contribution >= 4 is 17.7 Å². The van der Waals surface area contributed by atoms with E-state index in [1.165, 1.54) is 6.08 Å². The van der Waals surface area contributed by atoms with Gasteiger partial charge in [0.15, 0.2) is 0 Å². The Morgan fingerprint density at radius 3 is 2.84 bits per heavy atom. The van der Waals surface area contributed by atoms with E-state index in [0.29, 0.717) is 6.04 Å². The van der Waals surface area contributed by atoms with Gasteiger partial charge < -0.3 is 14.7 Å². The molecule has 4 heteroatoms. The molecule has 2 atom stereocenters. The van der Waals surface area contributed by atoms with Crippen LogP contribution in [0.4, 0.5) is 5.69 Å². The number of hydrogen-bond acceptors (Lipinski definition) is 3. The SMILES string of the molecule is CC1OCCC1N(C)c1ccccc1/C=C/C(=O)O. The molecule has 1 aromatic rings. The summed E-state index contributed by atoms with van der Waals surface area (Å²) < 4.78 is 5.59. The Hall–Kier alpha value is -1.81. The van der Waals surface area contributed by atoms with Crippen LogP contribution in [0.1, 0.15) is 18.9 Å². The van der Waals surface area contributed by atoms with Crippen LogP contribution in [0.25, 0.3) is 6.08 Å². The highest BCUT2D eigenvalue weighted by Gasteiger charge is 2.28. The standard InChI is InChI=1S/C15H19NO3/c1-11-13(9-10-19-11)16(2)14-6-4-3-5-12(14)7-8-15(17)18/h3-8,11,13H,9-10H2,1-2H3,(H,17,18)/b8-7+. The van der Waals surface area contributed by atoms with E-state index in [4.69, 9.17) is 9.84 Å². The molecule has 1 N–H and O–H groups in total. The van der Waals surface area contributed by atoms with Gasteiger partial charge in [-0.05, 0) is 31.1 Å². The van der Waals surface area contributed by atoms with E-state index in [9.17, 15) is 4.79 Å². The second-order valence-corrected chi connectivity index (χ2v) is 4.77. The van der Waals surface area contributed by atoms with Gasteiger partial charge in [-0.1, -0.05) is 18.2 Å². The highest BCUT2D eigenvalue weighted by molar-refractivity contribution is 5.87. The number of para-hydroxylation sites is 1. The van der Waals surface area contributed by atoms with Crippen molar-refractivity contribution in [3.05, 3.63) is 35.9 Å². The molecule has 0 aliphatic carbocycles. The summed E-state index contributed by atoms with van der Waals surface area (Å²) in [6, 6.07) is 8.13. The van der Waals surface area contributed by atoms with Gasteiger partial charge in [0.05, 0.1) is 12.1 Å². The van der Waals surface area contributed by atoms with Crippen molar-refractivity contribution in [2.75, 3.05) is 18.6 Å². The summed E-state index contributed by atoms with van der Waals surface area (Å²) >= 11 is 0. The molecule has 1 saturated heterocycles. The molecule has 2 unspecified atom stereocenters. The van der Waals surface area contributed by atoms with E-state index < -0.39 is 5.97 Å². The van der Waals surface area contributed by atoms with Gasteiger partial charge in [-0.2, -0.15) is 0 Å². The molecule has 1 fully saturated rings. The first kappa shape index (κ1) is 13.6. The molecule has 0 bridgehead atoms. The highest BCUT2D eigenvalue weighted by Crippen LogP contribution is 2.27. The summed E-state index contributed by atoms with van der Waals surface area (Å²) in [5.74, 6) is -0.935. The number of likely N-dealkylation sites (N-methyl/N-ethyl adjacent to an activating group) is 1. The van der Waals surface area contributed by atoms with Crippen molar-refractivity contribution in [3.8, 4) is 0 Å². The monoisotopic (exact) mass is 261 g/mol. The van der Waals surface area contributed by atoms with Crippen molar-refractivity contribution in [3.63, 3.8) is 0 Å². The van der Waals surface area contributed by atoms with Crippen molar-refractivity contribution < 1.29 is 14.6 Å². The Kier molecular flexibility index (Phi) is 4.22. The largest absolute Gasteiger partial charge is 0.478 e. The van der Waals surface area contributed by atoms with Gasteiger partial charge in [0.2, 0.25) is 0 Å². The number of ether oxygens (including phenoxy) is 1. The van der Waals surface area contributed by atoms with Gasteiger partial charge in [-0.15, -0.1) is 0 Å². The fraction of sp³-hybridized carbons (Fsp3) is 0.400. The molecular weight excluding hydrogens is 242 g/mol. The topological polar surface area (TPSA) is 49.8 Å². The summed E-state index contributed by atoms with van der Waals surface area (Å²) in [4.78, 5) is 12.8. The summed E-state index contributed by atoms with van der Waals surface area (Å²) in [5.41, 5.74) is 1.94. The van der Waals surface area contributed by atoms with E-state index in [2.05, 4.69) is 11.8 Å². The van der Waals surface area contributed by atoms with Crippen LogP contribution in [-0.4, -0.2) is 36.9 Å². The van der Waals surface area contributed by atoms with E-state index in [-0.39, 0.29) is 6.10 Å². The van der Waals surface area contributed by atoms with Crippen LogP contribution in [0.5, 0.6) is 0 Å². The molecule has 1 aromatic carbocycles. The number of benzene rings is 1. The van der Waals surface area contributed by atoms with E-state index >= 15 is 0 Å². The second-order valence-electron chi connectivity index (χ2n) is 4.77. The zero-order chi connectivity index (χ0) is 13.8. The molecule has 19 heavy (non-hydrogen) atoms. The van der Waals surface area contributed by atoms with Crippen LogP contribution in [0, 0.1) is 0 Å². The minimum atomic E-state index is -0.935. The van der Waals surface area contributed by atoms with Crippen LogP contribution in [0.2, 0.25) is 0 Å². The summed E-state index contributed by atoms with van der Waals surface area (Å²) in [6.45, 7) is 2.85. The maximum Gasteiger partial charge on any atom is 0.328 e. The van der Waals surface area contributed by atoms with Gasteiger partial charge >= 0.3 is 5.97 Å². The Morgan fingerprint density at radius 1 is 1.47 bits per heavy atom. The number of rotatable bonds is 4. The smallest absolute Gasteiger partial charge is 0.328 e. The summed E-state index contributed by atoms with van der Waals surface area (Å²) in [7, 11) is 2.03. The first-order valence-corrected chi connectivity index (χ1v) is 6.44. The third-order valence-electron chi connectivity index (χ3n) is 3.56. The molecule has 0 radical (unpaired) electrons. The molecule has 0 aromatic heterocycles. The van der Waals surface area contributed by atoms with E-state index in [1.807, 2.05) is 31.3 Å². The maximum absolute atomic E-state index is 10.6. The molecule has 0 amide bonds. The van der Waals surface area contributed by atoms with E-state index in [0.717, 1.165) is 24.3 Å². The predicted octanol–water partition coefficient (Wildman–Crippen LogP) is 2.40. The Balaban J connectivity index is 2.26. The van der Waals surface area contributed by atoms with Gasteiger partial charge in [0, 0.05) is 25.4 Å². The summed E-state index contributed by atoms with van der Waals surface area (Å²) in [5, 5.41) is 8.74. The molecule has 1 aliphatic heterocycles. The van der Waals surface area contributed by atoms with Crippen LogP contribution >= 0.6 is 0 Å². The van der Waals surface area contributed by atoms with Crippen LogP contribution < -0.4 is 4.90 Å². The number of carboxylic acid groups (broad SMARTS) is 1. The maximum atomic E-state index is 10.6. The van der Waals surface area contributed by atoms with Gasteiger partial charge in [0.1, 0.15) is 0 Å². The molecule has 1 aliphatic rings. The zero-order valence-corrected chi connectivity index (χ0v) is 11.2. The Bertz CT molecular complexity index is 484. The number of nitrogens with zero attached hydrogens (tertiary/aromatic N) is 1. The quantitative estimate of drug-likeness (QED) is 0.846. The lowest BCUT2D eigenvalue weighted by Gasteiger charge is -2.30. The van der Waals surface area contributed by atoms with Gasteiger partial charge in [-0.3, -0.25) is 0 Å². The number of aliphatic carboxylic acids is 1. The van der Waals surface area contributed by atoms with Crippen molar-refractivity contribution in [2.24, 2.45) is 0 Å². The molecule has 2 rings (SSSR count). The van der Waals surface area contributed by atoms with Gasteiger partial charge in [-0.25, -0.2) is 4.79 Å². The summed E-state index contributed by atoms with van der Waals surface area (Å²) in [6.07, 6.45) is 3.99. The molecular formula is C15H19NO3. The zero-order valence-electron chi connectivity index (χ0n) is 11.2. The number of anilines is 1. The Labute approximate surface area is 113 Å². The molecule has 0 saturated carbocycles. The first-order chi connectivity index (χ1) is 9.09. The third-order valence-corrected chi connectivity index (χ3v) is 3.56. The lowest BCUT2D eigenvalue weighted by molar-refractivity contribution is -0.131. The number of hydrogen-bond donors (Lipinski definition) is 1. The molecule has 0 spiro atoms. The average molecular weight is 261 g/mol. The third kappa shape index (κ3) is 3.15.